The van der Waals surface area contributed by atoms with Gasteiger partial charge in [-0.25, -0.2) is 52.7 Å². The lowest BCUT2D eigenvalue weighted by Gasteiger charge is -2.14. The highest BCUT2D eigenvalue weighted by Crippen LogP contribution is 2.40. The summed E-state index contributed by atoms with van der Waals surface area (Å²) in [5.41, 5.74) is 1.95. The van der Waals surface area contributed by atoms with E-state index in [0.29, 0.717) is 87.0 Å². The van der Waals surface area contributed by atoms with Crippen molar-refractivity contribution in [2.24, 2.45) is 0 Å². The van der Waals surface area contributed by atoms with Gasteiger partial charge in [0.2, 0.25) is 32.6 Å². The van der Waals surface area contributed by atoms with Crippen molar-refractivity contribution in [1.82, 2.24) is 0 Å². The summed E-state index contributed by atoms with van der Waals surface area (Å²) in [5, 5.41) is 19.1. The summed E-state index contributed by atoms with van der Waals surface area (Å²) in [6, 6.07) is 67.3. The largest absolute Gasteiger partial charge is 0.461 e. The van der Waals surface area contributed by atoms with E-state index in [2.05, 4.69) is 31.9 Å². The third-order valence-corrected chi connectivity index (χ3v) is 24.0. The molecule has 20 aromatic rings. The maximum Gasteiger partial charge on any atom is 0.203 e. The number of alkyl halides is 2. The third kappa shape index (κ3) is 22.8. The summed E-state index contributed by atoms with van der Waals surface area (Å²) in [4.78, 5) is 87.1. The molecule has 0 bridgehead atoms. The molecule has 2 N–H and O–H groups in total. The van der Waals surface area contributed by atoms with Gasteiger partial charge in [-0.1, -0.05) is 186 Å². The molecule has 30 heteroatoms. The van der Waals surface area contributed by atoms with Gasteiger partial charge in [-0.05, 0) is 220 Å². The molecule has 732 valence electrons. The first-order chi connectivity index (χ1) is 69.0. The van der Waals surface area contributed by atoms with E-state index in [9.17, 15) is 96.5 Å². The van der Waals surface area contributed by atoms with Gasteiger partial charge in [0.1, 0.15) is 199 Å². The fourth-order valence-corrected chi connectivity index (χ4v) is 16.6. The Kier molecular flexibility index (Phi) is 33.3. The van der Waals surface area contributed by atoms with E-state index in [1.165, 1.54) is 208 Å². The number of rotatable bonds is 14. The highest BCUT2D eigenvalue weighted by atomic mass is 79.9. The molecule has 0 aliphatic heterocycles. The van der Waals surface area contributed by atoms with Crippen LogP contribution in [0.2, 0.25) is 0 Å². The van der Waals surface area contributed by atoms with Crippen LogP contribution in [0.3, 0.4) is 0 Å². The zero-order valence-corrected chi connectivity index (χ0v) is 80.3. The SMILES string of the molecule is CC(Br)c1oc2cccc(F)c2c(=O)c1-c1ccc(F)cc1.CC(O)c1oc2cccc(F)c2c(=O)c1-c1ccc(F)cc1.CCC(Br)c1oc2cccc(F)c2c(=O)c1-c1cccc(F)c1.CCCc1oc2cccc(F)c2c(=O)c1-c1ccccc1.CCc1oc2cccc(F)c2c(=O)c1-c1ccc(F)cc1.C[C@H](O)c1oc2cccc(F)c2c(=O)c1-c1cccc(F)c1.Cc1cc(=O)c2c(F)cccc2o1. The first-order valence-corrected chi connectivity index (χ1v) is 46.5. The summed E-state index contributed by atoms with van der Waals surface area (Å²) < 4.78 is 202. The molecule has 3 unspecified atom stereocenters. The molecule has 0 spiro atoms. The van der Waals surface area contributed by atoms with Crippen LogP contribution in [-0.4, -0.2) is 10.2 Å². The summed E-state index contributed by atoms with van der Waals surface area (Å²) in [6.45, 7) is 12.1. The van der Waals surface area contributed by atoms with Crippen molar-refractivity contribution in [1.29, 1.82) is 0 Å². The van der Waals surface area contributed by atoms with E-state index in [0.717, 1.165) is 30.2 Å². The molecular weight excluding hydrogens is 2010 g/mol. The number of benzene rings is 13. The average Bonchev–Trinajstić information content (AvgIpc) is 0.750. The Bertz CT molecular complexity index is 8510. The Morgan fingerprint density at radius 1 is 0.271 bits per heavy atom. The van der Waals surface area contributed by atoms with Crippen LogP contribution in [-0.2, 0) is 12.8 Å². The van der Waals surface area contributed by atoms with Gasteiger partial charge in [0, 0.05) is 18.9 Å². The molecule has 0 amide bonds. The van der Waals surface area contributed by atoms with Gasteiger partial charge < -0.3 is 41.1 Å². The minimum absolute atomic E-state index is 0.0197. The van der Waals surface area contributed by atoms with Gasteiger partial charge in [-0.2, -0.15) is 0 Å². The number of aryl methyl sites for hydroxylation is 3. The lowest BCUT2D eigenvalue weighted by atomic mass is 10.00. The molecule has 0 aliphatic carbocycles. The summed E-state index contributed by atoms with van der Waals surface area (Å²) >= 11 is 6.85. The standard InChI is InChI=1S/C18H13BrF2O2.C18H15FO2.C17H11BrF2O2.2C17H12F2O3.C17H12F2O2.C10H7FO2/c1-2-12(19)18-15(10-5-3-6-11(20)9-10)17(22)16-13(21)7-4-8-14(16)23-18;1-2-7-14-16(12-8-4-3-5-9-12)18(20)17-13(19)10-6-11-15(17)21-14;1-9(18)17-14(10-5-7-11(19)8-6-10)16(21)15-12(20)3-2-4-13(15)22-17;1-9(20)17-14(10-4-2-5-11(18)8-10)16(21)15-12(19)6-3-7-13(15)22-17;1-9(20)17-14(10-5-7-11(18)8-6-10)16(21)15-12(19)3-2-4-13(15)22-17;1-2-13-15(10-6-8-11(18)9-7-10)17(20)16-12(19)4-3-5-14(16)21-13;1-6-5-8(12)10-7(11)3-2-4-9(10)13-6/h3-9,12H,2H2,1H3;3-6,8-11H,2,7H2,1H3;2-9H,1H3;2*2-9,20H,1H3;3-9H,2H2,1H3;2-5H,1H3/t;;;9-;;;/m...0.../s1. The van der Waals surface area contributed by atoms with Crippen LogP contribution in [0, 0.1) is 76.7 Å². The molecule has 13 aromatic carbocycles. The number of hydrogen-bond acceptors (Lipinski definition) is 16. The molecule has 0 saturated heterocycles. The summed E-state index contributed by atoms with van der Waals surface area (Å²) in [5.74, 6) is -4.34. The monoisotopic (exact) mass is 2090 g/mol. The van der Waals surface area contributed by atoms with Crippen molar-refractivity contribution in [3.8, 4) is 66.8 Å². The molecule has 0 aliphatic rings. The second kappa shape index (κ2) is 46.0. The zero-order valence-electron chi connectivity index (χ0n) is 77.2. The number of aliphatic hydroxyl groups is 2. The number of halogens is 14. The first kappa shape index (κ1) is 104. The normalized spacial score (nSPS) is 11.9. The van der Waals surface area contributed by atoms with E-state index >= 15 is 0 Å². The third-order valence-electron chi connectivity index (χ3n) is 22.5. The van der Waals surface area contributed by atoms with Crippen molar-refractivity contribution >= 4 is 109 Å². The predicted molar refractivity (Wildman–Crippen MR) is 538 cm³/mol. The smallest absolute Gasteiger partial charge is 0.203 e. The predicted octanol–water partition coefficient (Wildman–Crippen LogP) is 29.5. The fraction of sp³-hybridized carbons (Fsp3) is 0.132. The lowest BCUT2D eigenvalue weighted by Crippen LogP contribution is -2.12. The Labute approximate surface area is 826 Å². The number of hydrogen-bond donors (Lipinski definition) is 2. The summed E-state index contributed by atoms with van der Waals surface area (Å²) in [7, 11) is 0. The minimum Gasteiger partial charge on any atom is -0.461 e. The molecule has 7 aromatic heterocycles. The van der Waals surface area contributed by atoms with Crippen LogP contribution in [0.15, 0.2) is 350 Å². The highest BCUT2D eigenvalue weighted by molar-refractivity contribution is 9.09. The van der Waals surface area contributed by atoms with Gasteiger partial charge >= 0.3 is 0 Å². The Morgan fingerprint density at radius 3 is 0.875 bits per heavy atom. The van der Waals surface area contributed by atoms with Gasteiger partial charge in [-0.15, -0.1) is 0 Å². The number of aliphatic hydroxyl groups excluding tert-OH is 2. The first-order valence-electron chi connectivity index (χ1n) is 44.7. The van der Waals surface area contributed by atoms with Gasteiger partial charge in [0.25, 0.3) is 0 Å². The van der Waals surface area contributed by atoms with E-state index in [4.69, 9.17) is 30.9 Å². The molecular formula is C114H82Br2F12O16. The molecule has 7 heterocycles. The fourth-order valence-electron chi connectivity index (χ4n) is 16.0. The van der Waals surface area contributed by atoms with E-state index < -0.39 is 109 Å². The van der Waals surface area contributed by atoms with Crippen LogP contribution >= 0.6 is 31.9 Å². The van der Waals surface area contributed by atoms with E-state index in [1.807, 2.05) is 51.1 Å². The van der Waals surface area contributed by atoms with Crippen LogP contribution in [0.5, 0.6) is 0 Å². The van der Waals surface area contributed by atoms with Crippen LogP contribution in [0.25, 0.3) is 144 Å². The molecule has 0 saturated carbocycles. The Morgan fingerprint density at radius 2 is 0.542 bits per heavy atom. The van der Waals surface area contributed by atoms with Gasteiger partial charge in [0.15, 0.2) is 5.43 Å². The second-order valence-corrected chi connectivity index (χ2v) is 35.0. The maximum absolute atomic E-state index is 14.1. The van der Waals surface area contributed by atoms with Crippen LogP contribution in [0.4, 0.5) is 52.7 Å². The van der Waals surface area contributed by atoms with Gasteiger partial charge in [-0.3, -0.25) is 33.6 Å². The molecule has 144 heavy (non-hydrogen) atoms. The molecule has 20 rings (SSSR count). The summed E-state index contributed by atoms with van der Waals surface area (Å²) in [6.07, 6.45) is 0.467. The number of fused-ring (bicyclic) bond motifs is 7. The quantitative estimate of drug-likeness (QED) is 0.0758. The van der Waals surface area contributed by atoms with Crippen molar-refractivity contribution in [3.63, 3.8) is 0 Å². The van der Waals surface area contributed by atoms with Gasteiger partial charge in [0.05, 0.1) is 43.0 Å². The Hall–Kier alpha value is -15.6. The van der Waals surface area contributed by atoms with Crippen molar-refractivity contribution in [3.05, 3.63) is 467 Å². The van der Waals surface area contributed by atoms with Crippen molar-refractivity contribution < 1.29 is 93.8 Å². The minimum atomic E-state index is -1.10. The van der Waals surface area contributed by atoms with Crippen molar-refractivity contribution in [2.75, 3.05) is 0 Å². The van der Waals surface area contributed by atoms with E-state index in [-0.39, 0.29) is 131 Å². The molecule has 4 atom stereocenters. The van der Waals surface area contributed by atoms with E-state index in [1.54, 1.807) is 56.3 Å². The molecule has 0 radical (unpaired) electrons. The maximum atomic E-state index is 14.1. The highest BCUT2D eigenvalue weighted by Gasteiger charge is 2.29. The van der Waals surface area contributed by atoms with Crippen LogP contribution < -0.4 is 38.0 Å². The van der Waals surface area contributed by atoms with Crippen LogP contribution in [0.1, 0.15) is 117 Å². The molecule has 16 nitrogen and oxygen atoms in total. The Balaban J connectivity index is 0.000000134. The molecule has 0 fully saturated rings. The van der Waals surface area contributed by atoms with Crippen molar-refractivity contribution in [2.45, 2.75) is 96.0 Å². The average molecular weight is 2100 g/mol. The second-order valence-electron chi connectivity index (χ2n) is 32.5. The lowest BCUT2D eigenvalue weighted by molar-refractivity contribution is 0.171. The topological polar surface area (TPSA) is 252 Å². The zero-order chi connectivity index (χ0) is 103.